The zero-order chi connectivity index (χ0) is 31.6. The number of amides is 1. The third-order valence-corrected chi connectivity index (χ3v) is 11.3. The highest BCUT2D eigenvalue weighted by molar-refractivity contribution is 7.93. The molecule has 4 aromatic carbocycles. The molecule has 0 spiro atoms. The van der Waals surface area contributed by atoms with Crippen LogP contribution in [0.15, 0.2) is 101 Å². The lowest BCUT2D eigenvalue weighted by molar-refractivity contribution is 0.102. The molecule has 1 fully saturated rings. The van der Waals surface area contributed by atoms with Gasteiger partial charge in [0.2, 0.25) is 0 Å². The maximum absolute atomic E-state index is 13.7. The van der Waals surface area contributed by atoms with Crippen LogP contribution in [0.3, 0.4) is 0 Å². The van der Waals surface area contributed by atoms with Gasteiger partial charge in [0.05, 0.1) is 23.4 Å². The van der Waals surface area contributed by atoms with Gasteiger partial charge in [-0.2, -0.15) is 0 Å². The Labute approximate surface area is 263 Å². The van der Waals surface area contributed by atoms with E-state index in [9.17, 15) is 21.6 Å². The third kappa shape index (κ3) is 6.34. The van der Waals surface area contributed by atoms with E-state index in [-0.39, 0.29) is 21.0 Å². The number of carbonyl (C=O) groups excluding carboxylic acids is 1. The number of sulfonamides is 2. The van der Waals surface area contributed by atoms with Crippen molar-refractivity contribution in [3.63, 3.8) is 0 Å². The van der Waals surface area contributed by atoms with Crippen LogP contribution in [0, 0.1) is 0 Å². The van der Waals surface area contributed by atoms with Crippen molar-refractivity contribution >= 4 is 48.7 Å². The van der Waals surface area contributed by atoms with Crippen LogP contribution >= 0.6 is 0 Å². The van der Waals surface area contributed by atoms with Gasteiger partial charge in [0, 0.05) is 36.6 Å². The molecule has 234 valence electrons. The molecule has 0 bridgehead atoms. The molecule has 2 aliphatic heterocycles. The molecular weight excluding hydrogens is 613 g/mol. The van der Waals surface area contributed by atoms with Gasteiger partial charge in [-0.1, -0.05) is 24.3 Å². The van der Waals surface area contributed by atoms with Crippen molar-refractivity contribution in [1.82, 2.24) is 0 Å². The highest BCUT2D eigenvalue weighted by atomic mass is 32.2. The van der Waals surface area contributed by atoms with Crippen LogP contribution in [0.1, 0.15) is 35.2 Å². The van der Waals surface area contributed by atoms with Gasteiger partial charge >= 0.3 is 0 Å². The largest absolute Gasteiger partial charge is 0.497 e. The van der Waals surface area contributed by atoms with Gasteiger partial charge in [0.1, 0.15) is 10.6 Å². The van der Waals surface area contributed by atoms with E-state index in [0.717, 1.165) is 37.9 Å². The lowest BCUT2D eigenvalue weighted by Gasteiger charge is -2.30. The van der Waals surface area contributed by atoms with Crippen LogP contribution in [-0.4, -0.2) is 49.5 Å². The average molecular weight is 647 g/mol. The summed E-state index contributed by atoms with van der Waals surface area (Å²) in [6.07, 6.45) is 3.59. The number of anilines is 4. The fourth-order valence-electron chi connectivity index (χ4n) is 5.76. The predicted octanol–water partition coefficient (Wildman–Crippen LogP) is 5.49. The Bertz CT molecular complexity index is 1940. The van der Waals surface area contributed by atoms with E-state index in [4.69, 9.17) is 4.74 Å². The average Bonchev–Trinajstić information content (AvgIpc) is 3.51. The molecule has 0 unspecified atom stereocenters. The van der Waals surface area contributed by atoms with Gasteiger partial charge in [-0.25, -0.2) is 16.8 Å². The normalized spacial score (nSPS) is 15.0. The summed E-state index contributed by atoms with van der Waals surface area (Å²) in [4.78, 5) is 15.5. The van der Waals surface area contributed by atoms with Crippen LogP contribution in [0.2, 0.25) is 0 Å². The Morgan fingerprint density at radius 2 is 1.49 bits per heavy atom. The first-order valence-corrected chi connectivity index (χ1v) is 17.7. The van der Waals surface area contributed by atoms with Crippen LogP contribution < -0.4 is 24.0 Å². The summed E-state index contributed by atoms with van der Waals surface area (Å²) in [7, 11) is -6.44. The summed E-state index contributed by atoms with van der Waals surface area (Å²) in [5.41, 5.74) is 2.90. The second-order valence-corrected chi connectivity index (χ2v) is 14.5. The maximum atomic E-state index is 13.7. The van der Waals surface area contributed by atoms with Crippen LogP contribution in [0.5, 0.6) is 5.75 Å². The first kappa shape index (κ1) is 30.5. The number of methoxy groups -OCH3 is 1. The summed E-state index contributed by atoms with van der Waals surface area (Å²) in [6.45, 7) is 1.77. The van der Waals surface area contributed by atoms with E-state index in [2.05, 4.69) is 10.0 Å². The molecule has 45 heavy (non-hydrogen) atoms. The Hall–Kier alpha value is -4.55. The molecule has 2 heterocycles. The number of piperidine rings is 1. The van der Waals surface area contributed by atoms with Crippen molar-refractivity contribution in [2.24, 2.45) is 0 Å². The smallest absolute Gasteiger partial charge is 0.264 e. The zero-order valence-corrected chi connectivity index (χ0v) is 26.4. The first-order valence-electron chi connectivity index (χ1n) is 14.7. The second-order valence-electron chi connectivity index (χ2n) is 11.0. The lowest BCUT2D eigenvalue weighted by Crippen LogP contribution is -2.31. The third-order valence-electron chi connectivity index (χ3n) is 8.07. The Kier molecular flexibility index (Phi) is 8.43. The van der Waals surface area contributed by atoms with Crippen LogP contribution in [0.25, 0.3) is 0 Å². The Morgan fingerprint density at radius 3 is 2.24 bits per heavy atom. The molecule has 1 saturated heterocycles. The highest BCUT2D eigenvalue weighted by Crippen LogP contribution is 2.34. The van der Waals surface area contributed by atoms with Crippen molar-refractivity contribution < 1.29 is 26.4 Å². The number of benzene rings is 4. The molecule has 4 aromatic rings. The van der Waals surface area contributed by atoms with Gasteiger partial charge in [-0.05, 0) is 98.0 Å². The number of hydrogen-bond donors (Lipinski definition) is 2. The SMILES string of the molecule is COc1ccc(NS(=O)(=O)c2cc(NC(=O)c3cccc(S(=O)(=O)N4CCc5ccccc54)c3)ccc2N2CCCCC2)cc1. The van der Waals surface area contributed by atoms with E-state index < -0.39 is 26.0 Å². The monoisotopic (exact) mass is 646 g/mol. The van der Waals surface area contributed by atoms with Crippen molar-refractivity contribution in [3.05, 3.63) is 102 Å². The number of hydrogen-bond acceptors (Lipinski definition) is 7. The first-order chi connectivity index (χ1) is 21.7. The topological polar surface area (TPSA) is 125 Å². The molecule has 6 rings (SSSR count). The minimum absolute atomic E-state index is 0.000687. The fourth-order valence-corrected chi connectivity index (χ4v) is 8.62. The molecule has 2 N–H and O–H groups in total. The highest BCUT2D eigenvalue weighted by Gasteiger charge is 2.31. The van der Waals surface area contributed by atoms with Crippen molar-refractivity contribution in [1.29, 1.82) is 0 Å². The van der Waals surface area contributed by atoms with Crippen molar-refractivity contribution in [2.45, 2.75) is 35.5 Å². The Morgan fingerprint density at radius 1 is 0.756 bits per heavy atom. The predicted molar refractivity (Wildman–Crippen MR) is 175 cm³/mol. The van der Waals surface area contributed by atoms with Gasteiger partial charge in [-0.3, -0.25) is 13.8 Å². The number of rotatable bonds is 9. The van der Waals surface area contributed by atoms with Gasteiger partial charge in [0.25, 0.3) is 26.0 Å². The molecular formula is C33H34N4O6S2. The van der Waals surface area contributed by atoms with Gasteiger partial charge < -0.3 is 15.0 Å². The molecule has 0 radical (unpaired) electrons. The van der Waals surface area contributed by atoms with Gasteiger partial charge in [-0.15, -0.1) is 0 Å². The molecule has 0 atom stereocenters. The summed E-state index contributed by atoms with van der Waals surface area (Å²) in [5.74, 6) is 0.0323. The molecule has 12 heteroatoms. The molecule has 2 aliphatic rings. The van der Waals surface area contributed by atoms with E-state index in [1.165, 1.54) is 41.7 Å². The number of carbonyl (C=O) groups is 1. The van der Waals surface area contributed by atoms with Crippen LogP contribution in [0.4, 0.5) is 22.7 Å². The molecule has 0 aromatic heterocycles. The van der Waals surface area contributed by atoms with Crippen molar-refractivity contribution in [3.8, 4) is 5.75 Å². The van der Waals surface area contributed by atoms with E-state index in [0.29, 0.717) is 35.8 Å². The number of nitrogens with one attached hydrogen (secondary N) is 2. The molecule has 1 amide bonds. The van der Waals surface area contributed by atoms with Crippen LogP contribution in [-0.2, 0) is 26.5 Å². The fraction of sp³-hybridized carbons (Fsp3) is 0.242. The standard InChI is InChI=1S/C33H34N4O6S2/c1-43-28-15-12-26(13-16-28)35-44(39,40)32-23-27(14-17-31(32)36-19-5-2-6-20-36)34-33(38)25-9-7-10-29(22-25)45(41,42)37-21-18-24-8-3-4-11-30(24)37/h3-4,7-17,22-23,35H,2,5-6,18-21H2,1H3,(H,34,38). The van der Waals surface area contributed by atoms with E-state index in [1.54, 1.807) is 48.5 Å². The maximum Gasteiger partial charge on any atom is 0.264 e. The Balaban J connectivity index is 1.28. The lowest BCUT2D eigenvalue weighted by atomic mass is 10.1. The number of para-hydroxylation sites is 1. The number of ether oxygens (including phenoxy) is 1. The summed E-state index contributed by atoms with van der Waals surface area (Å²) >= 11 is 0. The number of fused-ring (bicyclic) bond motifs is 1. The molecule has 0 aliphatic carbocycles. The quantitative estimate of drug-likeness (QED) is 0.246. The number of nitrogens with zero attached hydrogens (tertiary/aromatic N) is 2. The molecule has 10 nitrogen and oxygen atoms in total. The van der Waals surface area contributed by atoms with Crippen molar-refractivity contribution in [2.75, 3.05) is 46.0 Å². The summed E-state index contributed by atoms with van der Waals surface area (Å²) in [5, 5.41) is 2.77. The van der Waals surface area contributed by atoms with E-state index >= 15 is 0 Å². The van der Waals surface area contributed by atoms with Gasteiger partial charge in [0.15, 0.2) is 0 Å². The molecule has 0 saturated carbocycles. The second kappa shape index (κ2) is 12.4. The van der Waals surface area contributed by atoms with E-state index in [1.807, 2.05) is 17.0 Å². The summed E-state index contributed by atoms with van der Waals surface area (Å²) < 4.78 is 63.8. The zero-order valence-electron chi connectivity index (χ0n) is 24.8. The minimum atomic E-state index is -4.06. The summed E-state index contributed by atoms with van der Waals surface area (Å²) in [6, 6.07) is 24.6. The minimum Gasteiger partial charge on any atom is -0.497 e.